The fraction of sp³-hybridized carbons (Fsp3) is 0.867. The summed E-state index contributed by atoms with van der Waals surface area (Å²) in [6.45, 7) is 4.92. The number of carbonyl (C=O) groups is 2. The van der Waals surface area contributed by atoms with E-state index < -0.39 is 64.3 Å². The smallest absolute Gasteiger partial charge is 0.342 e. The first-order chi connectivity index (χ1) is 10.1. The minimum absolute atomic E-state index is 0.189. The predicted octanol–water partition coefficient (Wildman–Crippen LogP) is -0.867. The number of ether oxygens (including phenoxy) is 3. The molecule has 3 aliphatic heterocycles. The van der Waals surface area contributed by atoms with E-state index in [2.05, 4.69) is 0 Å². The van der Waals surface area contributed by atoms with Crippen LogP contribution in [0.3, 0.4) is 0 Å². The van der Waals surface area contributed by atoms with Gasteiger partial charge in [-0.25, -0.2) is 4.79 Å². The van der Waals surface area contributed by atoms with Gasteiger partial charge in [-0.05, 0) is 20.8 Å². The van der Waals surface area contributed by atoms with Crippen LogP contribution >= 0.6 is 0 Å². The van der Waals surface area contributed by atoms with Crippen molar-refractivity contribution in [1.29, 1.82) is 0 Å². The number of aliphatic hydroxyl groups is 2. The van der Waals surface area contributed by atoms with Crippen LogP contribution in [0.2, 0.25) is 0 Å². The zero-order valence-electron chi connectivity index (χ0n) is 12.5. The Bertz CT molecular complexity index is 638. The summed E-state index contributed by atoms with van der Waals surface area (Å²) in [6.07, 6.45) is -1.78. The third kappa shape index (κ3) is 0.962. The summed E-state index contributed by atoms with van der Waals surface area (Å²) in [7, 11) is 0. The maximum Gasteiger partial charge on any atom is 0.342 e. The average molecular weight is 310 g/mol. The van der Waals surface area contributed by atoms with Crippen LogP contribution in [0.15, 0.2) is 0 Å². The van der Waals surface area contributed by atoms with Gasteiger partial charge in [-0.15, -0.1) is 0 Å². The minimum atomic E-state index is -1.47. The molecule has 7 nitrogen and oxygen atoms in total. The molecule has 3 saturated heterocycles. The van der Waals surface area contributed by atoms with Crippen molar-refractivity contribution < 1.29 is 34.0 Å². The van der Waals surface area contributed by atoms with Crippen molar-refractivity contribution in [3.63, 3.8) is 0 Å². The van der Waals surface area contributed by atoms with Crippen LogP contribution in [-0.4, -0.2) is 57.3 Å². The Kier molecular flexibility index (Phi) is 1.85. The lowest BCUT2D eigenvalue weighted by Gasteiger charge is -2.53. The van der Waals surface area contributed by atoms with E-state index in [0.29, 0.717) is 0 Å². The fourth-order valence-electron chi connectivity index (χ4n) is 5.83. The topological polar surface area (TPSA) is 106 Å². The van der Waals surface area contributed by atoms with Crippen molar-refractivity contribution in [2.45, 2.75) is 62.3 Å². The molecule has 5 rings (SSSR count). The molecule has 7 heteroatoms. The maximum atomic E-state index is 12.4. The molecule has 2 aliphatic carbocycles. The zero-order chi connectivity index (χ0) is 15.9. The van der Waals surface area contributed by atoms with Crippen LogP contribution in [0.5, 0.6) is 0 Å². The lowest BCUT2D eigenvalue weighted by molar-refractivity contribution is -0.223. The Hall–Kier alpha value is -1.18. The van der Waals surface area contributed by atoms with Gasteiger partial charge in [0.15, 0.2) is 6.10 Å². The maximum absolute atomic E-state index is 12.4. The third-order valence-electron chi connectivity index (χ3n) is 6.85. The highest BCUT2D eigenvalue weighted by atomic mass is 16.7. The van der Waals surface area contributed by atoms with Crippen molar-refractivity contribution in [1.82, 2.24) is 0 Å². The Labute approximate surface area is 126 Å². The molecule has 0 aromatic rings. The van der Waals surface area contributed by atoms with Crippen LogP contribution in [-0.2, 0) is 23.8 Å². The summed E-state index contributed by atoms with van der Waals surface area (Å²) < 4.78 is 16.5. The van der Waals surface area contributed by atoms with E-state index in [1.807, 2.05) is 0 Å². The number of rotatable bonds is 1. The summed E-state index contributed by atoms with van der Waals surface area (Å²) in [5.41, 5.74) is -4.89. The quantitative estimate of drug-likeness (QED) is 0.479. The van der Waals surface area contributed by atoms with Crippen molar-refractivity contribution in [3.8, 4) is 0 Å². The number of fused-ring (bicyclic) bond motifs is 4. The van der Waals surface area contributed by atoms with E-state index in [4.69, 9.17) is 14.2 Å². The summed E-state index contributed by atoms with van der Waals surface area (Å²) in [5, 5.41) is 21.9. The standard InChI is InChI=1S/C15H18O7/c1-12(2,18)6-7-10(16)20-8(6)9-13(3)14(7,19)4-5-15(13,22-5)11(17)21-9/h5-9,18-19H,4H2,1-3H3/t5-,6+,7-,8-,9?,13-,14-,15+/m1/s1. The molecule has 0 aromatic carbocycles. The molecule has 0 radical (unpaired) electrons. The van der Waals surface area contributed by atoms with Crippen LogP contribution in [0, 0.1) is 17.3 Å². The predicted molar refractivity (Wildman–Crippen MR) is 68.3 cm³/mol. The first-order valence-corrected chi connectivity index (χ1v) is 7.63. The van der Waals surface area contributed by atoms with Gasteiger partial charge in [0.05, 0.1) is 22.5 Å². The van der Waals surface area contributed by atoms with Gasteiger partial charge < -0.3 is 24.4 Å². The molecule has 1 spiro atoms. The zero-order valence-corrected chi connectivity index (χ0v) is 12.5. The van der Waals surface area contributed by atoms with Gasteiger partial charge in [-0.3, -0.25) is 4.79 Å². The lowest BCUT2D eigenvalue weighted by Crippen LogP contribution is -2.68. The number of esters is 2. The molecule has 0 amide bonds. The monoisotopic (exact) mass is 310 g/mol. The van der Waals surface area contributed by atoms with Gasteiger partial charge in [0.1, 0.15) is 12.2 Å². The van der Waals surface area contributed by atoms with Crippen molar-refractivity contribution in [2.24, 2.45) is 17.3 Å². The fourth-order valence-corrected chi connectivity index (χ4v) is 5.83. The van der Waals surface area contributed by atoms with Crippen molar-refractivity contribution in [3.05, 3.63) is 0 Å². The van der Waals surface area contributed by atoms with E-state index in [1.165, 1.54) is 0 Å². The molecule has 2 bridgehead atoms. The van der Waals surface area contributed by atoms with E-state index in [-0.39, 0.29) is 6.42 Å². The molecular weight excluding hydrogens is 292 g/mol. The van der Waals surface area contributed by atoms with Crippen molar-refractivity contribution >= 4 is 11.9 Å². The molecule has 5 aliphatic rings. The highest BCUT2D eigenvalue weighted by Crippen LogP contribution is 2.77. The summed E-state index contributed by atoms with van der Waals surface area (Å²) in [6, 6.07) is 0. The Morgan fingerprint density at radius 2 is 1.95 bits per heavy atom. The highest BCUT2D eigenvalue weighted by Gasteiger charge is 2.95. The minimum Gasteiger partial charge on any atom is -0.458 e. The van der Waals surface area contributed by atoms with Gasteiger partial charge in [0.25, 0.3) is 0 Å². The number of hydrogen-bond acceptors (Lipinski definition) is 7. The Balaban J connectivity index is 1.76. The molecular formula is C15H18O7. The number of epoxide rings is 1. The second-order valence-electron chi connectivity index (χ2n) is 8.06. The molecule has 0 aromatic heterocycles. The molecule has 2 N–H and O–H groups in total. The second kappa shape index (κ2) is 3.07. The van der Waals surface area contributed by atoms with Crippen LogP contribution in [0.4, 0.5) is 0 Å². The van der Waals surface area contributed by atoms with E-state index >= 15 is 0 Å². The van der Waals surface area contributed by atoms with E-state index in [1.54, 1.807) is 20.8 Å². The third-order valence-corrected chi connectivity index (χ3v) is 6.85. The number of hydrogen-bond donors (Lipinski definition) is 2. The van der Waals surface area contributed by atoms with Gasteiger partial charge in [-0.2, -0.15) is 0 Å². The molecule has 22 heavy (non-hydrogen) atoms. The van der Waals surface area contributed by atoms with Crippen LogP contribution in [0.1, 0.15) is 27.2 Å². The molecule has 3 heterocycles. The summed E-state index contributed by atoms with van der Waals surface area (Å²) >= 11 is 0. The Morgan fingerprint density at radius 3 is 2.59 bits per heavy atom. The molecule has 1 unspecified atom stereocenters. The second-order valence-corrected chi connectivity index (χ2v) is 8.06. The first-order valence-electron chi connectivity index (χ1n) is 7.63. The highest BCUT2D eigenvalue weighted by molar-refractivity contribution is 5.91. The van der Waals surface area contributed by atoms with Gasteiger partial charge >= 0.3 is 11.9 Å². The molecule has 120 valence electrons. The first kappa shape index (κ1) is 13.3. The van der Waals surface area contributed by atoms with Gasteiger partial charge in [0, 0.05) is 12.3 Å². The largest absolute Gasteiger partial charge is 0.458 e. The van der Waals surface area contributed by atoms with Gasteiger partial charge in [-0.1, -0.05) is 0 Å². The lowest BCUT2D eigenvalue weighted by atomic mass is 9.52. The summed E-state index contributed by atoms with van der Waals surface area (Å²) in [4.78, 5) is 24.8. The van der Waals surface area contributed by atoms with Gasteiger partial charge in [0.2, 0.25) is 5.60 Å². The average Bonchev–Trinajstić information content (AvgIpc) is 2.85. The van der Waals surface area contributed by atoms with Crippen LogP contribution < -0.4 is 0 Å². The van der Waals surface area contributed by atoms with E-state index in [0.717, 1.165) is 0 Å². The normalized spacial score (nSPS) is 60.7. The SMILES string of the molecule is CC(C)(O)[C@@H]1[C@H]2OC(=O)[C@@H]1[C@]1(O)C[C@H]3O[C@]34C(=O)OC2[C@]14C. The molecule has 5 fully saturated rings. The van der Waals surface area contributed by atoms with E-state index in [9.17, 15) is 19.8 Å². The van der Waals surface area contributed by atoms with Crippen molar-refractivity contribution in [2.75, 3.05) is 0 Å². The number of carbonyl (C=O) groups excluding carboxylic acids is 2. The molecule has 8 atom stereocenters. The molecule has 2 saturated carbocycles. The Morgan fingerprint density at radius 1 is 1.27 bits per heavy atom. The summed E-state index contributed by atoms with van der Waals surface area (Å²) in [5.74, 6) is -2.51. The van der Waals surface area contributed by atoms with Crippen LogP contribution in [0.25, 0.3) is 0 Å².